The van der Waals surface area contributed by atoms with E-state index < -0.39 is 0 Å². The fourth-order valence-corrected chi connectivity index (χ4v) is 1.53. The van der Waals surface area contributed by atoms with Crippen LogP contribution in [0.25, 0.3) is 0 Å². The van der Waals surface area contributed by atoms with Crippen LogP contribution in [-0.4, -0.2) is 9.55 Å². The Morgan fingerprint density at radius 1 is 1.14 bits per heavy atom. The first-order chi connectivity index (χ1) is 6.95. The van der Waals surface area contributed by atoms with Crippen LogP contribution in [0.5, 0.6) is 0 Å². The molecule has 72 valence electrons. The van der Waals surface area contributed by atoms with Crippen LogP contribution in [0.2, 0.25) is 0 Å². The lowest BCUT2D eigenvalue weighted by Gasteiger charge is -2.02. The summed E-state index contributed by atoms with van der Waals surface area (Å²) in [5, 5.41) is 0. The molecule has 0 saturated heterocycles. The second-order valence-corrected chi connectivity index (χ2v) is 3.39. The van der Waals surface area contributed by atoms with Crippen molar-refractivity contribution in [3.8, 4) is 0 Å². The molecule has 2 heteroatoms. The molecule has 0 fully saturated rings. The number of aromatic nitrogens is 2. The van der Waals surface area contributed by atoms with E-state index in [0.717, 1.165) is 13.0 Å². The first-order valence-corrected chi connectivity index (χ1v) is 4.95. The third kappa shape index (κ3) is 2.46. The third-order valence-electron chi connectivity index (χ3n) is 2.27. The van der Waals surface area contributed by atoms with Gasteiger partial charge in [-0.2, -0.15) is 0 Å². The summed E-state index contributed by atoms with van der Waals surface area (Å²) in [6.07, 6.45) is 10.2. The van der Waals surface area contributed by atoms with Gasteiger partial charge in [-0.05, 0) is 36.6 Å². The predicted octanol–water partition coefficient (Wildman–Crippen LogP) is 2.52. The summed E-state index contributed by atoms with van der Waals surface area (Å²) in [5.74, 6) is 0. The first kappa shape index (κ1) is 9.00. The Labute approximate surface area is 84.2 Å². The molecule has 0 amide bonds. The monoisotopic (exact) mass is 186 g/mol. The first-order valence-electron chi connectivity index (χ1n) is 4.95. The zero-order valence-corrected chi connectivity index (χ0v) is 8.13. The molecule has 0 aliphatic rings. The molecule has 0 aliphatic heterocycles. The Hall–Kier alpha value is -1.57. The van der Waals surface area contributed by atoms with Gasteiger partial charge in [0.05, 0.1) is 0 Å². The maximum absolute atomic E-state index is 4.09. The molecule has 0 saturated carbocycles. The highest BCUT2D eigenvalue weighted by molar-refractivity contribution is 5.08. The van der Waals surface area contributed by atoms with Crippen molar-refractivity contribution in [3.63, 3.8) is 0 Å². The van der Waals surface area contributed by atoms with Crippen molar-refractivity contribution in [1.82, 2.24) is 9.55 Å². The summed E-state index contributed by atoms with van der Waals surface area (Å²) in [4.78, 5) is 4.09. The predicted molar refractivity (Wildman–Crippen MR) is 57.0 cm³/mol. The number of nitrogens with zero attached hydrogens (tertiary/aromatic N) is 2. The van der Waals surface area contributed by atoms with Crippen LogP contribution in [0.1, 0.15) is 12.0 Å². The van der Waals surface area contributed by atoms with E-state index in [2.05, 4.69) is 40.1 Å². The molecule has 14 heavy (non-hydrogen) atoms. The molecule has 0 atom stereocenters. The molecule has 0 bridgehead atoms. The summed E-state index contributed by atoms with van der Waals surface area (Å²) in [5.41, 5.74) is 1.32. The van der Waals surface area contributed by atoms with Crippen molar-refractivity contribution in [2.75, 3.05) is 0 Å². The van der Waals surface area contributed by atoms with Gasteiger partial charge in [-0.1, -0.05) is 6.07 Å². The van der Waals surface area contributed by atoms with E-state index in [9.17, 15) is 0 Å². The van der Waals surface area contributed by atoms with E-state index >= 15 is 0 Å². The zero-order valence-electron chi connectivity index (χ0n) is 8.13. The maximum Gasteiger partial charge on any atom is 0.0299 e. The fraction of sp³-hybridized carbons (Fsp3) is 0.250. The van der Waals surface area contributed by atoms with E-state index in [4.69, 9.17) is 0 Å². The lowest BCUT2D eigenvalue weighted by molar-refractivity contribution is 0.645. The molecular formula is C12H14N2. The Kier molecular flexibility index (Phi) is 2.96. The quantitative estimate of drug-likeness (QED) is 0.717. The smallest absolute Gasteiger partial charge is 0.0299 e. The van der Waals surface area contributed by atoms with Crippen molar-refractivity contribution >= 4 is 0 Å². The SMILES string of the molecule is c1cncc(CCCn2cccc2)c1. The summed E-state index contributed by atoms with van der Waals surface area (Å²) >= 11 is 0. The van der Waals surface area contributed by atoms with E-state index in [-0.39, 0.29) is 0 Å². The van der Waals surface area contributed by atoms with Gasteiger partial charge in [-0.3, -0.25) is 4.98 Å². The Bertz CT molecular complexity index is 351. The minimum atomic E-state index is 1.09. The zero-order chi connectivity index (χ0) is 9.64. The Morgan fingerprint density at radius 3 is 2.71 bits per heavy atom. The fourth-order valence-electron chi connectivity index (χ4n) is 1.53. The second kappa shape index (κ2) is 4.61. The van der Waals surface area contributed by atoms with Gasteiger partial charge in [-0.25, -0.2) is 0 Å². The van der Waals surface area contributed by atoms with E-state index in [1.54, 1.807) is 0 Å². The lowest BCUT2D eigenvalue weighted by atomic mass is 10.1. The molecule has 0 radical (unpaired) electrons. The molecule has 0 spiro atoms. The number of rotatable bonds is 4. The Balaban J connectivity index is 1.79. The largest absolute Gasteiger partial charge is 0.354 e. The summed E-state index contributed by atoms with van der Waals surface area (Å²) in [6, 6.07) is 8.24. The number of aryl methyl sites for hydroxylation is 2. The number of hydrogen-bond donors (Lipinski definition) is 0. The summed E-state index contributed by atoms with van der Waals surface area (Å²) in [7, 11) is 0. The van der Waals surface area contributed by atoms with Crippen molar-refractivity contribution in [1.29, 1.82) is 0 Å². The molecule has 0 unspecified atom stereocenters. The third-order valence-corrected chi connectivity index (χ3v) is 2.27. The molecule has 2 heterocycles. The van der Waals surface area contributed by atoms with Crippen molar-refractivity contribution in [2.45, 2.75) is 19.4 Å². The van der Waals surface area contributed by atoms with Gasteiger partial charge in [0.1, 0.15) is 0 Å². The van der Waals surface area contributed by atoms with Crippen LogP contribution in [0.4, 0.5) is 0 Å². The highest BCUT2D eigenvalue weighted by Gasteiger charge is 1.92. The minimum Gasteiger partial charge on any atom is -0.354 e. The topological polar surface area (TPSA) is 17.8 Å². The molecule has 2 rings (SSSR count). The summed E-state index contributed by atoms with van der Waals surface area (Å²) in [6.45, 7) is 1.09. The van der Waals surface area contributed by atoms with E-state index in [0.29, 0.717) is 0 Å². The standard InChI is InChI=1S/C12H14N2/c1-2-9-14(8-1)10-4-6-12-5-3-7-13-11-12/h1-3,5,7-9,11H,4,6,10H2. The van der Waals surface area contributed by atoms with E-state index in [1.807, 2.05) is 18.5 Å². The Morgan fingerprint density at radius 2 is 2.00 bits per heavy atom. The van der Waals surface area contributed by atoms with Crippen LogP contribution in [0, 0.1) is 0 Å². The normalized spacial score (nSPS) is 10.3. The van der Waals surface area contributed by atoms with Crippen LogP contribution < -0.4 is 0 Å². The lowest BCUT2D eigenvalue weighted by Crippen LogP contribution is -1.96. The van der Waals surface area contributed by atoms with Gasteiger partial charge in [0.2, 0.25) is 0 Å². The summed E-state index contributed by atoms with van der Waals surface area (Å²) < 4.78 is 2.20. The average molecular weight is 186 g/mol. The molecule has 0 aliphatic carbocycles. The van der Waals surface area contributed by atoms with Crippen molar-refractivity contribution in [2.24, 2.45) is 0 Å². The maximum atomic E-state index is 4.09. The van der Waals surface area contributed by atoms with Gasteiger partial charge < -0.3 is 4.57 Å². The average Bonchev–Trinajstić information content (AvgIpc) is 2.72. The highest BCUT2D eigenvalue weighted by atomic mass is 14.9. The molecule has 0 N–H and O–H groups in total. The molecule has 2 aromatic rings. The van der Waals surface area contributed by atoms with Crippen molar-refractivity contribution < 1.29 is 0 Å². The number of hydrogen-bond acceptors (Lipinski definition) is 1. The molecule has 2 aromatic heterocycles. The van der Waals surface area contributed by atoms with Crippen molar-refractivity contribution in [3.05, 3.63) is 54.6 Å². The van der Waals surface area contributed by atoms with Gasteiger partial charge in [0.15, 0.2) is 0 Å². The molecule has 0 aromatic carbocycles. The van der Waals surface area contributed by atoms with Crippen LogP contribution in [0.15, 0.2) is 49.1 Å². The molecular weight excluding hydrogens is 172 g/mol. The van der Waals surface area contributed by atoms with Crippen LogP contribution in [0.3, 0.4) is 0 Å². The molecule has 2 nitrogen and oxygen atoms in total. The van der Waals surface area contributed by atoms with Gasteiger partial charge in [0, 0.05) is 31.3 Å². The van der Waals surface area contributed by atoms with Crippen LogP contribution >= 0.6 is 0 Å². The highest BCUT2D eigenvalue weighted by Crippen LogP contribution is 2.02. The van der Waals surface area contributed by atoms with E-state index in [1.165, 1.54) is 12.0 Å². The van der Waals surface area contributed by atoms with Gasteiger partial charge in [-0.15, -0.1) is 0 Å². The van der Waals surface area contributed by atoms with Crippen LogP contribution in [-0.2, 0) is 13.0 Å². The minimum absolute atomic E-state index is 1.09. The van der Waals surface area contributed by atoms with Gasteiger partial charge >= 0.3 is 0 Å². The van der Waals surface area contributed by atoms with Gasteiger partial charge in [0.25, 0.3) is 0 Å². The second-order valence-electron chi connectivity index (χ2n) is 3.39. The number of pyridine rings is 1.